The van der Waals surface area contributed by atoms with Crippen molar-refractivity contribution < 1.29 is 13.6 Å². The van der Waals surface area contributed by atoms with Crippen LogP contribution in [0.15, 0.2) is 40.7 Å². The van der Waals surface area contributed by atoms with Crippen molar-refractivity contribution in [1.82, 2.24) is 10.3 Å². The number of hydrogen-bond acceptors (Lipinski definition) is 4. The van der Waals surface area contributed by atoms with Gasteiger partial charge < -0.3 is 10.6 Å². The van der Waals surface area contributed by atoms with Gasteiger partial charge in [-0.3, -0.25) is 0 Å². The summed E-state index contributed by atoms with van der Waals surface area (Å²) >= 11 is 1.93. The summed E-state index contributed by atoms with van der Waals surface area (Å²) in [7, 11) is 0. The predicted molar refractivity (Wildman–Crippen MR) is 81.0 cm³/mol. The molecule has 0 saturated carbocycles. The zero-order valence-electron chi connectivity index (χ0n) is 11.0. The first-order chi connectivity index (χ1) is 10.0. The zero-order chi connectivity index (χ0) is 15.2. The zero-order valence-corrected chi connectivity index (χ0v) is 12.7. The Bertz CT molecular complexity index is 576. The Morgan fingerprint density at radius 3 is 2.62 bits per heavy atom. The summed E-state index contributed by atoms with van der Waals surface area (Å²) in [4.78, 5) is 16.4. The average molecular weight is 329 g/mol. The van der Waals surface area contributed by atoms with Gasteiger partial charge in [-0.2, -0.15) is 8.78 Å². The number of hydrogen-bond donors (Lipinski definition) is 2. The topological polar surface area (TPSA) is 54.0 Å². The molecule has 2 amide bonds. The third-order valence-electron chi connectivity index (χ3n) is 2.51. The fourth-order valence-electron chi connectivity index (χ4n) is 1.59. The van der Waals surface area contributed by atoms with E-state index in [0.717, 1.165) is 5.01 Å². The smallest absolute Gasteiger partial charge is 0.319 e. The van der Waals surface area contributed by atoms with Crippen LogP contribution in [0, 0.1) is 0 Å². The molecule has 8 heteroatoms. The summed E-state index contributed by atoms with van der Waals surface area (Å²) in [5.41, 5.74) is 0.539. The normalized spacial score (nSPS) is 12.2. The van der Waals surface area contributed by atoms with Crippen molar-refractivity contribution in [3.05, 3.63) is 40.8 Å². The molecule has 0 unspecified atom stereocenters. The lowest BCUT2D eigenvalue weighted by Crippen LogP contribution is -2.31. The lowest BCUT2D eigenvalue weighted by atomic mass is 10.3. The van der Waals surface area contributed by atoms with E-state index in [2.05, 4.69) is 15.6 Å². The molecule has 1 aromatic carbocycles. The van der Waals surface area contributed by atoms with Gasteiger partial charge in [-0.05, 0) is 31.2 Å². The highest BCUT2D eigenvalue weighted by atomic mass is 32.2. The van der Waals surface area contributed by atoms with Crippen LogP contribution in [0.1, 0.15) is 18.0 Å². The van der Waals surface area contributed by atoms with Crippen molar-refractivity contribution >= 4 is 34.8 Å². The number of alkyl halides is 2. The van der Waals surface area contributed by atoms with E-state index in [-0.39, 0.29) is 12.1 Å². The van der Waals surface area contributed by atoms with Crippen molar-refractivity contribution in [1.29, 1.82) is 0 Å². The Morgan fingerprint density at radius 1 is 1.33 bits per heavy atom. The quantitative estimate of drug-likeness (QED) is 0.802. The van der Waals surface area contributed by atoms with E-state index >= 15 is 0 Å². The molecule has 0 fully saturated rings. The number of nitrogens with zero attached hydrogens (tertiary/aromatic N) is 1. The Morgan fingerprint density at radius 2 is 2.05 bits per heavy atom. The number of thioether (sulfide) groups is 1. The van der Waals surface area contributed by atoms with Gasteiger partial charge in [0.25, 0.3) is 5.76 Å². The van der Waals surface area contributed by atoms with E-state index in [1.54, 1.807) is 18.3 Å². The highest BCUT2D eigenvalue weighted by molar-refractivity contribution is 7.99. The van der Waals surface area contributed by atoms with Gasteiger partial charge in [0.1, 0.15) is 5.01 Å². The number of urea groups is 1. The average Bonchev–Trinajstić information content (AvgIpc) is 2.94. The van der Waals surface area contributed by atoms with Crippen molar-refractivity contribution in [2.45, 2.75) is 23.6 Å². The number of anilines is 1. The molecule has 4 nitrogen and oxygen atoms in total. The molecule has 1 aromatic heterocycles. The number of amides is 2. The fraction of sp³-hybridized carbons (Fsp3) is 0.231. The molecule has 2 rings (SSSR count). The van der Waals surface area contributed by atoms with Crippen LogP contribution in [0.2, 0.25) is 0 Å². The Hall–Kier alpha value is -1.67. The monoisotopic (exact) mass is 329 g/mol. The molecule has 21 heavy (non-hydrogen) atoms. The molecule has 0 bridgehead atoms. The first kappa shape index (κ1) is 15.7. The van der Waals surface area contributed by atoms with Gasteiger partial charge in [0.05, 0.1) is 6.04 Å². The highest BCUT2D eigenvalue weighted by Crippen LogP contribution is 2.26. The summed E-state index contributed by atoms with van der Waals surface area (Å²) in [6.07, 6.45) is 1.68. The van der Waals surface area contributed by atoms with Crippen LogP contribution in [0.25, 0.3) is 0 Å². The van der Waals surface area contributed by atoms with E-state index in [0.29, 0.717) is 22.3 Å². The minimum Gasteiger partial charge on any atom is -0.329 e. The van der Waals surface area contributed by atoms with Crippen molar-refractivity contribution in [3.63, 3.8) is 0 Å². The molecular formula is C13H13F2N3OS2. The standard InChI is InChI=1S/C13H13F2N3OS2/c1-8(11-16-6-7-20-11)17-13(19)18-9-2-4-10(5-3-9)21-12(14)15/h2-8,12H,1H3,(H2,17,18,19)/t8-/m0/s1. The van der Waals surface area contributed by atoms with Gasteiger partial charge in [-0.1, -0.05) is 11.8 Å². The Balaban J connectivity index is 1.87. The highest BCUT2D eigenvalue weighted by Gasteiger charge is 2.11. The molecule has 2 N–H and O–H groups in total. The first-order valence-electron chi connectivity index (χ1n) is 6.06. The van der Waals surface area contributed by atoms with Gasteiger partial charge in [0.2, 0.25) is 0 Å². The minimum absolute atomic E-state index is 0.196. The molecule has 1 atom stereocenters. The molecule has 0 aliphatic carbocycles. The van der Waals surface area contributed by atoms with Crippen LogP contribution in [-0.4, -0.2) is 16.8 Å². The van der Waals surface area contributed by atoms with Crippen LogP contribution in [0.5, 0.6) is 0 Å². The van der Waals surface area contributed by atoms with E-state index in [1.807, 2.05) is 12.3 Å². The second-order valence-corrected chi connectivity index (χ2v) is 6.08. The third kappa shape index (κ3) is 4.98. The minimum atomic E-state index is -2.45. The summed E-state index contributed by atoms with van der Waals surface area (Å²) < 4.78 is 24.4. The second kappa shape index (κ2) is 7.37. The predicted octanol–water partition coefficient (Wildman–Crippen LogP) is 4.34. The van der Waals surface area contributed by atoms with Crippen LogP contribution in [-0.2, 0) is 0 Å². The van der Waals surface area contributed by atoms with Crippen molar-refractivity contribution in [3.8, 4) is 0 Å². The summed E-state index contributed by atoms with van der Waals surface area (Å²) in [6.45, 7) is 1.83. The van der Waals surface area contributed by atoms with Gasteiger partial charge in [-0.15, -0.1) is 11.3 Å². The van der Waals surface area contributed by atoms with E-state index < -0.39 is 5.76 Å². The van der Waals surface area contributed by atoms with Crippen LogP contribution >= 0.6 is 23.1 Å². The molecular weight excluding hydrogens is 316 g/mol. The van der Waals surface area contributed by atoms with Crippen molar-refractivity contribution in [2.24, 2.45) is 0 Å². The molecule has 0 saturated heterocycles. The lowest BCUT2D eigenvalue weighted by molar-refractivity contribution is 0.249. The number of aromatic nitrogens is 1. The van der Waals surface area contributed by atoms with Gasteiger partial charge in [0.15, 0.2) is 0 Å². The molecule has 112 valence electrons. The molecule has 0 radical (unpaired) electrons. The molecule has 2 aromatic rings. The third-order valence-corrected chi connectivity index (χ3v) is 4.19. The molecule has 0 spiro atoms. The molecule has 1 heterocycles. The van der Waals surface area contributed by atoms with E-state index in [4.69, 9.17) is 0 Å². The summed E-state index contributed by atoms with van der Waals surface area (Å²) in [6, 6.07) is 5.68. The SMILES string of the molecule is C[C@H](NC(=O)Nc1ccc(SC(F)F)cc1)c1nccs1. The number of benzene rings is 1. The van der Waals surface area contributed by atoms with Crippen molar-refractivity contribution in [2.75, 3.05) is 5.32 Å². The number of rotatable bonds is 5. The largest absolute Gasteiger partial charge is 0.329 e. The lowest BCUT2D eigenvalue weighted by Gasteiger charge is -2.12. The van der Waals surface area contributed by atoms with Crippen LogP contribution in [0.3, 0.4) is 0 Å². The number of nitrogens with one attached hydrogen (secondary N) is 2. The first-order valence-corrected chi connectivity index (χ1v) is 7.82. The fourth-order valence-corrected chi connectivity index (χ4v) is 2.74. The maximum atomic E-state index is 12.2. The Kier molecular flexibility index (Phi) is 5.51. The second-order valence-electron chi connectivity index (χ2n) is 4.09. The van der Waals surface area contributed by atoms with Gasteiger partial charge in [-0.25, -0.2) is 9.78 Å². The van der Waals surface area contributed by atoms with Gasteiger partial charge >= 0.3 is 6.03 Å². The maximum Gasteiger partial charge on any atom is 0.319 e. The maximum absolute atomic E-state index is 12.2. The van der Waals surface area contributed by atoms with Gasteiger partial charge in [0, 0.05) is 22.2 Å². The number of halogens is 2. The van der Waals surface area contributed by atoms with Crippen LogP contribution < -0.4 is 10.6 Å². The molecule has 0 aliphatic rings. The van der Waals surface area contributed by atoms with E-state index in [1.165, 1.54) is 23.5 Å². The summed E-state index contributed by atoms with van der Waals surface area (Å²) in [5.74, 6) is -2.45. The van der Waals surface area contributed by atoms with E-state index in [9.17, 15) is 13.6 Å². The van der Waals surface area contributed by atoms with Crippen LogP contribution in [0.4, 0.5) is 19.3 Å². The number of carbonyl (C=O) groups excluding carboxylic acids is 1. The Labute approximate surface area is 129 Å². The summed E-state index contributed by atoms with van der Waals surface area (Å²) in [5, 5.41) is 8.05. The molecule has 0 aliphatic heterocycles. The number of carbonyl (C=O) groups is 1. The number of thiazole rings is 1.